The zero-order valence-corrected chi connectivity index (χ0v) is 10.4. The van der Waals surface area contributed by atoms with E-state index in [1.54, 1.807) is 0 Å². The molecule has 0 aliphatic heterocycles. The highest BCUT2D eigenvalue weighted by Gasteiger charge is 2.24. The molecule has 1 aliphatic carbocycles. The molecule has 1 saturated carbocycles. The summed E-state index contributed by atoms with van der Waals surface area (Å²) < 4.78 is 1.37. The van der Waals surface area contributed by atoms with E-state index in [1.807, 2.05) is 0 Å². The van der Waals surface area contributed by atoms with Crippen molar-refractivity contribution in [2.75, 3.05) is 0 Å². The Morgan fingerprint density at radius 3 is 2.57 bits per heavy atom. The van der Waals surface area contributed by atoms with Crippen LogP contribution in [0.2, 0.25) is 0 Å². The van der Waals surface area contributed by atoms with Gasteiger partial charge in [-0.3, -0.25) is 0 Å². The van der Waals surface area contributed by atoms with Crippen LogP contribution in [0.3, 0.4) is 0 Å². The lowest BCUT2D eigenvalue weighted by atomic mass is 9.80. The molecule has 2 atom stereocenters. The molecule has 2 heteroatoms. The van der Waals surface area contributed by atoms with Gasteiger partial charge in [-0.2, -0.15) is 0 Å². The Morgan fingerprint density at radius 2 is 1.86 bits per heavy atom. The summed E-state index contributed by atoms with van der Waals surface area (Å²) in [7, 11) is 0. The first-order chi connectivity index (χ1) is 6.79. The SMILES string of the molecule is N[C@H]1CCCC[C@H]1c1ccccc1I. The Bertz CT molecular complexity index is 311. The lowest BCUT2D eigenvalue weighted by molar-refractivity contribution is 0.384. The number of nitrogens with two attached hydrogens (primary N) is 1. The van der Waals surface area contributed by atoms with E-state index < -0.39 is 0 Å². The summed E-state index contributed by atoms with van der Waals surface area (Å²) in [6, 6.07) is 9.01. The van der Waals surface area contributed by atoms with Crippen LogP contribution >= 0.6 is 22.6 Å². The highest BCUT2D eigenvalue weighted by Crippen LogP contribution is 2.33. The van der Waals surface area contributed by atoms with Gasteiger partial charge in [0.1, 0.15) is 0 Å². The third kappa shape index (κ3) is 2.11. The Labute approximate surface area is 99.2 Å². The molecule has 76 valence electrons. The molecule has 2 rings (SSSR count). The van der Waals surface area contributed by atoms with E-state index in [2.05, 4.69) is 46.9 Å². The fourth-order valence-electron chi connectivity index (χ4n) is 2.32. The summed E-state index contributed by atoms with van der Waals surface area (Å²) >= 11 is 2.42. The van der Waals surface area contributed by atoms with Gasteiger partial charge in [0.05, 0.1) is 0 Å². The number of hydrogen-bond acceptors (Lipinski definition) is 1. The Hall–Kier alpha value is -0.0900. The van der Waals surface area contributed by atoms with Crippen molar-refractivity contribution in [2.24, 2.45) is 5.73 Å². The third-order valence-electron chi connectivity index (χ3n) is 3.12. The fourth-order valence-corrected chi connectivity index (χ4v) is 3.11. The highest BCUT2D eigenvalue weighted by molar-refractivity contribution is 14.1. The van der Waals surface area contributed by atoms with Crippen LogP contribution in [-0.2, 0) is 0 Å². The zero-order valence-electron chi connectivity index (χ0n) is 8.25. The molecule has 1 aromatic carbocycles. The lowest BCUT2D eigenvalue weighted by Crippen LogP contribution is -2.31. The molecule has 0 radical (unpaired) electrons. The van der Waals surface area contributed by atoms with Gasteiger partial charge in [-0.1, -0.05) is 31.0 Å². The minimum absolute atomic E-state index is 0.375. The van der Waals surface area contributed by atoms with Crippen LogP contribution in [0.1, 0.15) is 37.2 Å². The van der Waals surface area contributed by atoms with E-state index in [9.17, 15) is 0 Å². The number of benzene rings is 1. The monoisotopic (exact) mass is 301 g/mol. The average molecular weight is 301 g/mol. The topological polar surface area (TPSA) is 26.0 Å². The van der Waals surface area contributed by atoms with Gasteiger partial charge in [0.2, 0.25) is 0 Å². The highest BCUT2D eigenvalue weighted by atomic mass is 127. The molecule has 0 heterocycles. The predicted octanol–water partition coefficient (Wildman–Crippen LogP) is 3.28. The molecule has 1 aliphatic rings. The maximum atomic E-state index is 6.18. The van der Waals surface area contributed by atoms with Gasteiger partial charge < -0.3 is 5.73 Å². The van der Waals surface area contributed by atoms with E-state index in [4.69, 9.17) is 5.73 Å². The van der Waals surface area contributed by atoms with Crippen molar-refractivity contribution >= 4 is 22.6 Å². The van der Waals surface area contributed by atoms with E-state index in [0.29, 0.717) is 12.0 Å². The van der Waals surface area contributed by atoms with Gasteiger partial charge in [0.25, 0.3) is 0 Å². The second-order valence-electron chi connectivity index (χ2n) is 4.08. The maximum absolute atomic E-state index is 6.18. The van der Waals surface area contributed by atoms with Gasteiger partial charge in [0.15, 0.2) is 0 Å². The predicted molar refractivity (Wildman–Crippen MR) is 68.3 cm³/mol. The van der Waals surface area contributed by atoms with E-state index in [1.165, 1.54) is 34.8 Å². The van der Waals surface area contributed by atoms with E-state index in [0.717, 1.165) is 0 Å². The molecule has 0 aromatic heterocycles. The summed E-state index contributed by atoms with van der Waals surface area (Å²) in [6.07, 6.45) is 5.10. The molecule has 0 amide bonds. The number of rotatable bonds is 1. The van der Waals surface area contributed by atoms with Crippen LogP contribution in [0.15, 0.2) is 24.3 Å². The third-order valence-corrected chi connectivity index (χ3v) is 4.11. The summed E-state index contributed by atoms with van der Waals surface area (Å²) in [5, 5.41) is 0. The molecule has 0 saturated heterocycles. The van der Waals surface area contributed by atoms with Gasteiger partial charge in [0, 0.05) is 15.5 Å². The summed E-state index contributed by atoms with van der Waals surface area (Å²) in [5.74, 6) is 0.594. The smallest absolute Gasteiger partial charge is 0.0165 e. The quantitative estimate of drug-likeness (QED) is 0.792. The van der Waals surface area contributed by atoms with Gasteiger partial charge in [-0.05, 0) is 47.1 Å². The average Bonchev–Trinajstić information content (AvgIpc) is 2.20. The molecule has 0 unspecified atom stereocenters. The van der Waals surface area contributed by atoms with Crippen molar-refractivity contribution in [3.63, 3.8) is 0 Å². The Kier molecular flexibility index (Phi) is 3.44. The first-order valence-corrected chi connectivity index (χ1v) is 6.37. The number of halogens is 1. The minimum atomic E-state index is 0.375. The van der Waals surface area contributed by atoms with E-state index >= 15 is 0 Å². The molecule has 1 fully saturated rings. The molecule has 14 heavy (non-hydrogen) atoms. The van der Waals surface area contributed by atoms with Crippen molar-refractivity contribution in [3.8, 4) is 0 Å². The first-order valence-electron chi connectivity index (χ1n) is 5.29. The van der Waals surface area contributed by atoms with Crippen LogP contribution < -0.4 is 5.73 Å². The lowest BCUT2D eigenvalue weighted by Gasteiger charge is -2.29. The van der Waals surface area contributed by atoms with Crippen molar-refractivity contribution in [3.05, 3.63) is 33.4 Å². The van der Waals surface area contributed by atoms with Crippen molar-refractivity contribution in [2.45, 2.75) is 37.6 Å². The largest absolute Gasteiger partial charge is 0.327 e. The molecule has 1 nitrogen and oxygen atoms in total. The standard InChI is InChI=1S/C12H16IN/c13-11-7-3-1-5-9(11)10-6-2-4-8-12(10)14/h1,3,5,7,10,12H,2,4,6,8,14H2/t10-,12-/m0/s1. The van der Waals surface area contributed by atoms with Gasteiger partial charge >= 0.3 is 0 Å². The van der Waals surface area contributed by atoms with Crippen LogP contribution in [-0.4, -0.2) is 6.04 Å². The first kappa shape index (κ1) is 10.4. The zero-order chi connectivity index (χ0) is 9.97. The van der Waals surface area contributed by atoms with Crippen LogP contribution in [0.5, 0.6) is 0 Å². The van der Waals surface area contributed by atoms with E-state index in [-0.39, 0.29) is 0 Å². The minimum Gasteiger partial charge on any atom is -0.327 e. The maximum Gasteiger partial charge on any atom is 0.0165 e. The molecule has 1 aromatic rings. The summed E-state index contributed by atoms with van der Waals surface area (Å²) in [6.45, 7) is 0. The Balaban J connectivity index is 2.25. The van der Waals surface area contributed by atoms with Crippen molar-refractivity contribution in [1.82, 2.24) is 0 Å². The molecular formula is C12H16IN. The molecule has 0 spiro atoms. The Morgan fingerprint density at radius 1 is 1.14 bits per heavy atom. The van der Waals surface area contributed by atoms with Crippen molar-refractivity contribution in [1.29, 1.82) is 0 Å². The summed E-state index contributed by atoms with van der Waals surface area (Å²) in [5.41, 5.74) is 7.64. The van der Waals surface area contributed by atoms with Crippen LogP contribution in [0.25, 0.3) is 0 Å². The van der Waals surface area contributed by atoms with Gasteiger partial charge in [-0.25, -0.2) is 0 Å². The van der Waals surface area contributed by atoms with Crippen LogP contribution in [0, 0.1) is 3.57 Å². The second-order valence-corrected chi connectivity index (χ2v) is 5.24. The molecular weight excluding hydrogens is 285 g/mol. The fraction of sp³-hybridized carbons (Fsp3) is 0.500. The van der Waals surface area contributed by atoms with Gasteiger partial charge in [-0.15, -0.1) is 0 Å². The molecule has 0 bridgehead atoms. The summed E-state index contributed by atoms with van der Waals surface area (Å²) in [4.78, 5) is 0. The number of hydrogen-bond donors (Lipinski definition) is 1. The normalized spacial score (nSPS) is 27.6. The molecule has 2 N–H and O–H groups in total. The second kappa shape index (κ2) is 4.62. The van der Waals surface area contributed by atoms with Crippen molar-refractivity contribution < 1.29 is 0 Å². The van der Waals surface area contributed by atoms with Crippen LogP contribution in [0.4, 0.5) is 0 Å².